The number of carbonyl (C=O) groups excluding carboxylic acids is 1. The molecule has 0 aliphatic carbocycles. The Labute approximate surface area is 169 Å². The van der Waals surface area contributed by atoms with Gasteiger partial charge in [-0.05, 0) is 44.9 Å². The Balaban J connectivity index is 1.94. The van der Waals surface area contributed by atoms with Crippen LogP contribution in [0.5, 0.6) is 0 Å². The zero-order chi connectivity index (χ0) is 20.8. The highest BCUT2D eigenvalue weighted by atomic mass is 16.5. The van der Waals surface area contributed by atoms with Crippen LogP contribution in [0.4, 0.5) is 23.0 Å². The fourth-order valence-corrected chi connectivity index (χ4v) is 2.80. The summed E-state index contributed by atoms with van der Waals surface area (Å²) in [5.74, 6) is 1.22. The number of esters is 1. The average Bonchev–Trinajstić information content (AvgIpc) is 2.68. The van der Waals surface area contributed by atoms with Gasteiger partial charge in [0.2, 0.25) is 0 Å². The van der Waals surface area contributed by atoms with E-state index in [1.165, 1.54) is 12.5 Å². The third kappa shape index (κ3) is 5.04. The van der Waals surface area contributed by atoms with Gasteiger partial charge in [-0.15, -0.1) is 0 Å². The van der Waals surface area contributed by atoms with Crippen LogP contribution in [0.2, 0.25) is 0 Å². The zero-order valence-electron chi connectivity index (χ0n) is 17.0. The van der Waals surface area contributed by atoms with Crippen LogP contribution in [0.3, 0.4) is 0 Å². The van der Waals surface area contributed by atoms with Gasteiger partial charge in [0.1, 0.15) is 29.4 Å². The predicted molar refractivity (Wildman–Crippen MR) is 112 cm³/mol. The second-order valence-electron chi connectivity index (χ2n) is 6.42. The number of aryl methyl sites for hydroxylation is 3. The molecule has 0 radical (unpaired) electrons. The van der Waals surface area contributed by atoms with Gasteiger partial charge in [0.15, 0.2) is 0 Å². The largest absolute Gasteiger partial charge is 0.462 e. The Morgan fingerprint density at radius 1 is 1.07 bits per heavy atom. The molecule has 0 saturated carbocycles. The molecule has 3 aromatic rings. The van der Waals surface area contributed by atoms with Crippen LogP contribution in [-0.4, -0.2) is 32.5 Å². The molecule has 150 valence electrons. The lowest BCUT2D eigenvalue weighted by atomic mass is 10.1. The van der Waals surface area contributed by atoms with Gasteiger partial charge in [-0.2, -0.15) is 0 Å². The van der Waals surface area contributed by atoms with Gasteiger partial charge in [0.05, 0.1) is 6.61 Å². The van der Waals surface area contributed by atoms with E-state index in [0.717, 1.165) is 29.1 Å². The van der Waals surface area contributed by atoms with Gasteiger partial charge in [0, 0.05) is 29.3 Å². The van der Waals surface area contributed by atoms with Crippen LogP contribution in [0.1, 0.15) is 41.3 Å². The lowest BCUT2D eigenvalue weighted by Crippen LogP contribution is -2.11. The quantitative estimate of drug-likeness (QED) is 0.579. The van der Waals surface area contributed by atoms with Crippen molar-refractivity contribution < 1.29 is 9.53 Å². The predicted octanol–water partition coefficient (Wildman–Crippen LogP) is 4.11. The summed E-state index contributed by atoms with van der Waals surface area (Å²) in [7, 11) is 0. The summed E-state index contributed by atoms with van der Waals surface area (Å²) in [6.07, 6.45) is 3.82. The summed E-state index contributed by atoms with van der Waals surface area (Å²) in [6, 6.07) is 7.84. The maximum absolute atomic E-state index is 12.3. The maximum atomic E-state index is 12.3. The summed E-state index contributed by atoms with van der Waals surface area (Å²) in [6.45, 7) is 7.80. The van der Waals surface area contributed by atoms with Gasteiger partial charge in [-0.3, -0.25) is 0 Å². The van der Waals surface area contributed by atoms with E-state index in [1.54, 1.807) is 13.8 Å². The summed E-state index contributed by atoms with van der Waals surface area (Å²) in [5, 5.41) is 6.56. The molecule has 0 saturated heterocycles. The van der Waals surface area contributed by atoms with Crippen molar-refractivity contribution >= 4 is 29.0 Å². The van der Waals surface area contributed by atoms with E-state index in [9.17, 15) is 4.79 Å². The SMILES string of the molecule is CCOC(=O)c1cnc(C)nc1Nc1cc(Nc2cc(C)ncn2)ccc1CC. The van der Waals surface area contributed by atoms with E-state index in [2.05, 4.69) is 37.5 Å². The highest BCUT2D eigenvalue weighted by molar-refractivity contribution is 5.95. The normalized spacial score (nSPS) is 10.5. The molecule has 0 aliphatic rings. The lowest BCUT2D eigenvalue weighted by Gasteiger charge is -2.15. The van der Waals surface area contributed by atoms with Crippen molar-refractivity contribution in [2.75, 3.05) is 17.2 Å². The third-order valence-corrected chi connectivity index (χ3v) is 4.22. The molecular weight excluding hydrogens is 368 g/mol. The third-order valence-electron chi connectivity index (χ3n) is 4.22. The molecule has 2 aromatic heterocycles. The molecule has 0 aliphatic heterocycles. The van der Waals surface area contributed by atoms with Gasteiger partial charge < -0.3 is 15.4 Å². The molecule has 1 aromatic carbocycles. The number of benzene rings is 1. The molecule has 0 unspecified atom stereocenters. The summed E-state index contributed by atoms with van der Waals surface area (Å²) >= 11 is 0. The summed E-state index contributed by atoms with van der Waals surface area (Å²) in [5.41, 5.74) is 3.95. The molecule has 0 spiro atoms. The van der Waals surface area contributed by atoms with Crippen LogP contribution in [0.25, 0.3) is 0 Å². The first-order valence-corrected chi connectivity index (χ1v) is 9.46. The number of nitrogens with one attached hydrogen (secondary N) is 2. The first kappa shape index (κ1) is 20.2. The number of carbonyl (C=O) groups is 1. The van der Waals surface area contributed by atoms with Gasteiger partial charge in [-0.1, -0.05) is 13.0 Å². The Bertz CT molecular complexity index is 1020. The molecule has 0 amide bonds. The van der Waals surface area contributed by atoms with Crippen molar-refractivity contribution in [2.45, 2.75) is 34.1 Å². The molecule has 0 bridgehead atoms. The van der Waals surface area contributed by atoms with Crippen molar-refractivity contribution in [3.8, 4) is 0 Å². The highest BCUT2D eigenvalue weighted by Crippen LogP contribution is 2.27. The van der Waals surface area contributed by atoms with E-state index in [4.69, 9.17) is 4.74 Å². The summed E-state index contributed by atoms with van der Waals surface area (Å²) in [4.78, 5) is 29.2. The number of hydrogen-bond acceptors (Lipinski definition) is 8. The molecule has 29 heavy (non-hydrogen) atoms. The Morgan fingerprint density at radius 2 is 1.90 bits per heavy atom. The van der Waals surface area contributed by atoms with E-state index in [0.29, 0.717) is 23.0 Å². The van der Waals surface area contributed by atoms with Gasteiger partial charge in [-0.25, -0.2) is 24.7 Å². The van der Waals surface area contributed by atoms with E-state index >= 15 is 0 Å². The number of ether oxygens (including phenoxy) is 1. The molecule has 0 fully saturated rings. The number of rotatable bonds is 7. The number of anilines is 4. The highest BCUT2D eigenvalue weighted by Gasteiger charge is 2.16. The molecule has 0 atom stereocenters. The second-order valence-corrected chi connectivity index (χ2v) is 6.42. The molecular formula is C21H24N6O2. The Morgan fingerprint density at radius 3 is 2.62 bits per heavy atom. The van der Waals surface area contributed by atoms with Gasteiger partial charge in [0.25, 0.3) is 0 Å². The molecule has 8 heteroatoms. The monoisotopic (exact) mass is 392 g/mol. The maximum Gasteiger partial charge on any atom is 0.343 e. The molecule has 2 heterocycles. The van der Waals surface area contributed by atoms with Gasteiger partial charge >= 0.3 is 5.97 Å². The standard InChI is InChI=1S/C21H24N6O2/c1-5-15-7-8-16(26-19-9-13(3)23-12-24-19)10-18(15)27-20-17(21(28)29-6-2)11-22-14(4)25-20/h7-12H,5-6H2,1-4H3,(H,22,25,27)(H,23,24,26). The topological polar surface area (TPSA) is 102 Å². The van der Waals surface area contributed by atoms with Crippen molar-refractivity contribution in [2.24, 2.45) is 0 Å². The zero-order valence-corrected chi connectivity index (χ0v) is 17.0. The first-order chi connectivity index (χ1) is 14.0. The molecule has 2 N–H and O–H groups in total. The smallest absolute Gasteiger partial charge is 0.343 e. The van der Waals surface area contributed by atoms with Crippen LogP contribution in [-0.2, 0) is 11.2 Å². The molecule has 3 rings (SSSR count). The minimum atomic E-state index is -0.459. The Hall–Kier alpha value is -3.55. The molecule has 8 nitrogen and oxygen atoms in total. The number of aromatic nitrogens is 4. The number of hydrogen-bond donors (Lipinski definition) is 2. The average molecular weight is 392 g/mol. The summed E-state index contributed by atoms with van der Waals surface area (Å²) < 4.78 is 5.13. The van der Waals surface area contributed by atoms with Crippen LogP contribution in [0.15, 0.2) is 36.8 Å². The fraction of sp³-hybridized carbons (Fsp3) is 0.286. The van der Waals surface area contributed by atoms with Crippen molar-refractivity contribution in [1.82, 2.24) is 19.9 Å². The van der Waals surface area contributed by atoms with Crippen LogP contribution >= 0.6 is 0 Å². The van der Waals surface area contributed by atoms with Crippen LogP contribution in [0, 0.1) is 13.8 Å². The van der Waals surface area contributed by atoms with Crippen molar-refractivity contribution in [3.05, 3.63) is 59.4 Å². The first-order valence-electron chi connectivity index (χ1n) is 9.46. The Kier molecular flexibility index (Phi) is 6.33. The minimum absolute atomic E-state index is 0.282. The van der Waals surface area contributed by atoms with Crippen LogP contribution < -0.4 is 10.6 Å². The second kappa shape index (κ2) is 9.09. The fourth-order valence-electron chi connectivity index (χ4n) is 2.80. The van der Waals surface area contributed by atoms with E-state index in [-0.39, 0.29) is 6.61 Å². The lowest BCUT2D eigenvalue weighted by molar-refractivity contribution is 0.0526. The van der Waals surface area contributed by atoms with E-state index in [1.807, 2.05) is 31.2 Å². The van der Waals surface area contributed by atoms with Crippen molar-refractivity contribution in [3.63, 3.8) is 0 Å². The van der Waals surface area contributed by atoms with Crippen molar-refractivity contribution in [1.29, 1.82) is 0 Å². The number of nitrogens with zero attached hydrogens (tertiary/aromatic N) is 4. The minimum Gasteiger partial charge on any atom is -0.462 e. The van der Waals surface area contributed by atoms with E-state index < -0.39 is 5.97 Å².